The SMILES string of the molecule is Cc1c(S(=O)(=O)Nc2ccccc2CN[C@@H](C)[C@@H](O)C2CCCCC2)sc2ccc(Cl)cc12. The second-order valence-electron chi connectivity index (χ2n) is 8.98. The van der Waals surface area contributed by atoms with E-state index in [4.69, 9.17) is 11.6 Å². The molecule has 0 aliphatic heterocycles. The van der Waals surface area contributed by atoms with Gasteiger partial charge in [0.2, 0.25) is 0 Å². The van der Waals surface area contributed by atoms with Gasteiger partial charge in [-0.15, -0.1) is 11.3 Å². The van der Waals surface area contributed by atoms with Crippen molar-refractivity contribution in [3.05, 3.63) is 58.6 Å². The largest absolute Gasteiger partial charge is 0.391 e. The molecule has 1 heterocycles. The molecule has 0 unspecified atom stereocenters. The number of aliphatic hydroxyl groups excluding tert-OH is 1. The molecule has 8 heteroatoms. The predicted octanol–water partition coefficient (Wildman–Crippen LogP) is 6.08. The number of aliphatic hydroxyl groups is 1. The van der Waals surface area contributed by atoms with Crippen LogP contribution in [0.4, 0.5) is 5.69 Å². The van der Waals surface area contributed by atoms with Crippen LogP contribution >= 0.6 is 22.9 Å². The van der Waals surface area contributed by atoms with E-state index in [9.17, 15) is 13.5 Å². The molecule has 4 rings (SSSR count). The van der Waals surface area contributed by atoms with Gasteiger partial charge in [-0.25, -0.2) is 8.42 Å². The lowest BCUT2D eigenvalue weighted by Crippen LogP contribution is -2.42. The average Bonchev–Trinajstić information content (AvgIpc) is 3.15. The molecular weight excluding hydrogens is 476 g/mol. The van der Waals surface area contributed by atoms with Crippen molar-refractivity contribution in [1.29, 1.82) is 0 Å². The highest BCUT2D eigenvalue weighted by Gasteiger charge is 2.27. The first-order valence-electron chi connectivity index (χ1n) is 11.5. The maximum atomic E-state index is 13.3. The van der Waals surface area contributed by atoms with Gasteiger partial charge in [0.15, 0.2) is 0 Å². The van der Waals surface area contributed by atoms with Crippen LogP contribution in [0.2, 0.25) is 5.02 Å². The molecule has 0 bridgehead atoms. The van der Waals surface area contributed by atoms with Crippen molar-refractivity contribution in [3.8, 4) is 0 Å². The summed E-state index contributed by atoms with van der Waals surface area (Å²) in [4.78, 5) is 0. The van der Waals surface area contributed by atoms with Crippen molar-refractivity contribution in [1.82, 2.24) is 5.32 Å². The van der Waals surface area contributed by atoms with Crippen LogP contribution in [0.25, 0.3) is 10.1 Å². The molecule has 0 amide bonds. The molecule has 2 aromatic carbocycles. The number of nitrogens with one attached hydrogen (secondary N) is 2. The number of fused-ring (bicyclic) bond motifs is 1. The lowest BCUT2D eigenvalue weighted by Gasteiger charge is -2.31. The van der Waals surface area contributed by atoms with Crippen molar-refractivity contribution in [3.63, 3.8) is 0 Å². The van der Waals surface area contributed by atoms with Gasteiger partial charge in [0, 0.05) is 22.3 Å². The Kier molecular flexibility index (Phi) is 7.66. The quantitative estimate of drug-likeness (QED) is 0.346. The molecule has 178 valence electrons. The van der Waals surface area contributed by atoms with Gasteiger partial charge in [-0.05, 0) is 73.4 Å². The zero-order valence-corrected chi connectivity index (χ0v) is 21.4. The van der Waals surface area contributed by atoms with Gasteiger partial charge in [-0.1, -0.05) is 49.1 Å². The minimum absolute atomic E-state index is 0.0765. The number of anilines is 1. The summed E-state index contributed by atoms with van der Waals surface area (Å²) in [5.74, 6) is 0.333. The number of sulfonamides is 1. The predicted molar refractivity (Wildman–Crippen MR) is 138 cm³/mol. The smallest absolute Gasteiger partial charge is 0.271 e. The minimum Gasteiger partial charge on any atom is -0.391 e. The van der Waals surface area contributed by atoms with Crippen LogP contribution in [0, 0.1) is 12.8 Å². The van der Waals surface area contributed by atoms with Crippen molar-refractivity contribution in [2.45, 2.75) is 68.9 Å². The molecule has 1 fully saturated rings. The fourth-order valence-corrected chi connectivity index (χ4v) is 7.69. The first-order chi connectivity index (χ1) is 15.8. The number of rotatable bonds is 8. The zero-order valence-electron chi connectivity index (χ0n) is 19.0. The highest BCUT2D eigenvalue weighted by Crippen LogP contribution is 2.36. The number of thiophene rings is 1. The highest BCUT2D eigenvalue weighted by molar-refractivity contribution is 7.94. The summed E-state index contributed by atoms with van der Waals surface area (Å²) in [6.07, 6.45) is 5.37. The summed E-state index contributed by atoms with van der Waals surface area (Å²) in [7, 11) is -3.76. The van der Waals surface area contributed by atoms with Crippen LogP contribution in [0.1, 0.15) is 50.2 Å². The molecule has 0 saturated heterocycles. The van der Waals surface area contributed by atoms with Gasteiger partial charge in [-0.3, -0.25) is 4.72 Å². The highest BCUT2D eigenvalue weighted by atomic mass is 35.5. The maximum absolute atomic E-state index is 13.3. The molecule has 0 spiro atoms. The monoisotopic (exact) mass is 506 g/mol. The number of halogens is 1. The Morgan fingerprint density at radius 1 is 1.15 bits per heavy atom. The lowest BCUT2D eigenvalue weighted by molar-refractivity contribution is 0.0551. The molecule has 5 nitrogen and oxygen atoms in total. The van der Waals surface area contributed by atoms with E-state index < -0.39 is 16.1 Å². The topological polar surface area (TPSA) is 78.4 Å². The van der Waals surface area contributed by atoms with E-state index in [-0.39, 0.29) is 6.04 Å². The Hall–Kier alpha value is -1.64. The summed E-state index contributed by atoms with van der Waals surface area (Å²) in [5, 5.41) is 15.6. The number of hydrogen-bond acceptors (Lipinski definition) is 5. The lowest BCUT2D eigenvalue weighted by atomic mass is 9.83. The molecule has 2 atom stereocenters. The molecule has 0 radical (unpaired) electrons. The van der Waals surface area contributed by atoms with Gasteiger partial charge in [-0.2, -0.15) is 0 Å². The molecule has 1 aromatic heterocycles. The van der Waals surface area contributed by atoms with Gasteiger partial charge in [0.1, 0.15) is 4.21 Å². The standard InChI is InChI=1S/C25H31ClN2O3S2/c1-16-21-14-20(26)12-13-23(21)32-25(16)33(30,31)28-22-11-7-6-10-19(22)15-27-17(2)24(29)18-8-4-3-5-9-18/h6-7,10-14,17-18,24,27-29H,3-5,8-9,15H2,1-2H3/t17-,24+/m0/s1. The van der Waals surface area contributed by atoms with Gasteiger partial charge >= 0.3 is 0 Å². The summed E-state index contributed by atoms with van der Waals surface area (Å²) in [6.45, 7) is 4.27. The normalized spacial score (nSPS) is 17.2. The van der Waals surface area contributed by atoms with E-state index >= 15 is 0 Å². The van der Waals surface area contributed by atoms with Crippen molar-refractivity contribution >= 4 is 48.7 Å². The van der Waals surface area contributed by atoms with E-state index in [1.165, 1.54) is 30.6 Å². The Morgan fingerprint density at radius 2 is 1.88 bits per heavy atom. The van der Waals surface area contributed by atoms with Crippen molar-refractivity contribution in [2.75, 3.05) is 4.72 Å². The fourth-order valence-electron chi connectivity index (χ4n) is 4.67. The van der Waals surface area contributed by atoms with Crippen LogP contribution in [0.3, 0.4) is 0 Å². The van der Waals surface area contributed by atoms with E-state index in [1.807, 2.05) is 38.1 Å². The van der Waals surface area contributed by atoms with Gasteiger partial charge < -0.3 is 10.4 Å². The van der Waals surface area contributed by atoms with Gasteiger partial charge in [0.25, 0.3) is 10.0 Å². The third kappa shape index (κ3) is 5.54. The summed E-state index contributed by atoms with van der Waals surface area (Å²) >= 11 is 7.36. The van der Waals surface area contributed by atoms with E-state index in [0.717, 1.165) is 28.5 Å². The summed E-state index contributed by atoms with van der Waals surface area (Å²) in [6, 6.07) is 12.7. The minimum atomic E-state index is -3.76. The first-order valence-corrected chi connectivity index (χ1v) is 14.1. The summed E-state index contributed by atoms with van der Waals surface area (Å²) in [5.41, 5.74) is 2.08. The van der Waals surface area contributed by atoms with Crippen molar-refractivity contribution < 1.29 is 13.5 Å². The van der Waals surface area contributed by atoms with E-state index in [2.05, 4.69) is 10.0 Å². The first kappa shape index (κ1) is 24.5. The van der Waals surface area contributed by atoms with E-state index in [0.29, 0.717) is 32.9 Å². The molecule has 1 aliphatic carbocycles. The number of benzene rings is 2. The fraction of sp³-hybridized carbons (Fsp3) is 0.440. The third-order valence-corrected chi connectivity index (χ3v) is 10.1. The zero-order chi connectivity index (χ0) is 23.6. The van der Waals surface area contributed by atoms with Gasteiger partial charge in [0.05, 0.1) is 11.8 Å². The molecule has 33 heavy (non-hydrogen) atoms. The maximum Gasteiger partial charge on any atom is 0.271 e. The molecule has 3 N–H and O–H groups in total. The average molecular weight is 507 g/mol. The second-order valence-corrected chi connectivity index (χ2v) is 12.3. The Labute approximate surface area is 205 Å². The number of hydrogen-bond donors (Lipinski definition) is 3. The van der Waals surface area contributed by atoms with E-state index in [1.54, 1.807) is 18.2 Å². The molecule has 1 aliphatic rings. The van der Waals surface area contributed by atoms with Crippen LogP contribution in [-0.2, 0) is 16.6 Å². The molecule has 1 saturated carbocycles. The van der Waals surface area contributed by atoms with Crippen molar-refractivity contribution in [2.24, 2.45) is 5.92 Å². The third-order valence-electron chi connectivity index (χ3n) is 6.62. The molecule has 3 aromatic rings. The second kappa shape index (κ2) is 10.3. The Bertz CT molecular complexity index is 1220. The van der Waals surface area contributed by atoms with Crippen LogP contribution < -0.4 is 10.0 Å². The van der Waals surface area contributed by atoms with Crippen LogP contribution in [-0.4, -0.2) is 25.7 Å². The number of aryl methyl sites for hydroxylation is 1. The van der Waals surface area contributed by atoms with Crippen LogP contribution in [0.15, 0.2) is 46.7 Å². The summed E-state index contributed by atoms with van der Waals surface area (Å²) < 4.78 is 30.5. The molecular formula is C25H31ClN2O3S2. The number of para-hydroxylation sites is 1. The Morgan fingerprint density at radius 3 is 2.64 bits per heavy atom. The van der Waals surface area contributed by atoms with Crippen LogP contribution in [0.5, 0.6) is 0 Å². The Balaban J connectivity index is 1.50.